The third-order valence-corrected chi connectivity index (χ3v) is 5.31. The van der Waals surface area contributed by atoms with Crippen LogP contribution in [0.25, 0.3) is 0 Å². The van der Waals surface area contributed by atoms with Crippen LogP contribution in [-0.4, -0.2) is 55.4 Å². The van der Waals surface area contributed by atoms with Gasteiger partial charge in [0.15, 0.2) is 0 Å². The van der Waals surface area contributed by atoms with Gasteiger partial charge in [-0.15, -0.1) is 0 Å². The Balaban J connectivity index is 1.49. The van der Waals surface area contributed by atoms with Crippen molar-refractivity contribution in [2.45, 2.75) is 17.7 Å². The van der Waals surface area contributed by atoms with Crippen molar-refractivity contribution in [1.29, 1.82) is 0 Å². The lowest BCUT2D eigenvalue weighted by atomic mass is 10.1. The van der Waals surface area contributed by atoms with Crippen LogP contribution in [0.15, 0.2) is 47.8 Å². The molecule has 1 aromatic carbocycles. The number of primary sulfonamides is 1. The van der Waals surface area contributed by atoms with E-state index in [2.05, 4.69) is 14.9 Å². The molecule has 1 amide bonds. The minimum absolute atomic E-state index is 0.0766. The first kappa shape index (κ1) is 18.3. The fraction of sp³-hybridized carbons (Fsp3) is 0.353. The highest BCUT2D eigenvalue weighted by atomic mass is 32.2. The Morgan fingerprint density at radius 3 is 2.35 bits per heavy atom. The molecule has 1 fully saturated rings. The van der Waals surface area contributed by atoms with E-state index < -0.39 is 10.0 Å². The van der Waals surface area contributed by atoms with Crippen molar-refractivity contribution in [1.82, 2.24) is 14.9 Å². The number of benzene rings is 1. The number of rotatable bonds is 5. The van der Waals surface area contributed by atoms with E-state index in [0.29, 0.717) is 25.9 Å². The Bertz CT molecular complexity index is 848. The van der Waals surface area contributed by atoms with Crippen molar-refractivity contribution >= 4 is 21.7 Å². The van der Waals surface area contributed by atoms with Crippen LogP contribution in [-0.2, 0) is 21.2 Å². The topological polar surface area (TPSA) is 109 Å². The number of hydrogen-bond acceptors (Lipinski definition) is 6. The molecule has 2 aromatic rings. The van der Waals surface area contributed by atoms with Crippen LogP contribution in [0.4, 0.5) is 5.82 Å². The lowest BCUT2D eigenvalue weighted by Crippen LogP contribution is -2.49. The molecule has 0 aliphatic carbocycles. The largest absolute Gasteiger partial charge is 0.352 e. The van der Waals surface area contributed by atoms with E-state index in [1.54, 1.807) is 30.7 Å². The molecule has 1 aromatic heterocycles. The quantitative estimate of drug-likeness (QED) is 0.810. The van der Waals surface area contributed by atoms with Gasteiger partial charge < -0.3 is 9.80 Å². The zero-order chi connectivity index (χ0) is 18.6. The van der Waals surface area contributed by atoms with Crippen molar-refractivity contribution < 1.29 is 13.2 Å². The number of carbonyl (C=O) groups is 1. The van der Waals surface area contributed by atoms with Crippen LogP contribution in [0.5, 0.6) is 0 Å². The monoisotopic (exact) mass is 375 g/mol. The molecule has 0 bridgehead atoms. The summed E-state index contributed by atoms with van der Waals surface area (Å²) in [4.78, 5) is 24.8. The first-order chi connectivity index (χ1) is 12.4. The molecule has 1 aliphatic heterocycles. The fourth-order valence-electron chi connectivity index (χ4n) is 2.89. The normalized spacial score (nSPS) is 15.1. The minimum atomic E-state index is -3.69. The summed E-state index contributed by atoms with van der Waals surface area (Å²) in [7, 11) is -3.69. The lowest BCUT2D eigenvalue weighted by molar-refractivity contribution is -0.131. The molecule has 2 N–H and O–H groups in total. The molecular formula is C17H21N5O3S. The number of hydrogen-bond donors (Lipinski definition) is 1. The Kier molecular flexibility index (Phi) is 5.48. The third kappa shape index (κ3) is 4.55. The van der Waals surface area contributed by atoms with Gasteiger partial charge in [-0.2, -0.15) is 0 Å². The summed E-state index contributed by atoms with van der Waals surface area (Å²) in [5, 5.41) is 5.08. The first-order valence-electron chi connectivity index (χ1n) is 8.34. The molecule has 2 heterocycles. The third-order valence-electron chi connectivity index (χ3n) is 4.39. The second-order valence-electron chi connectivity index (χ2n) is 6.12. The van der Waals surface area contributed by atoms with Crippen LogP contribution < -0.4 is 10.0 Å². The number of aromatic nitrogens is 2. The van der Waals surface area contributed by atoms with Crippen molar-refractivity contribution in [3.63, 3.8) is 0 Å². The van der Waals surface area contributed by atoms with Gasteiger partial charge in [0, 0.05) is 45.0 Å². The molecule has 0 atom stereocenters. The number of piperazine rings is 1. The number of nitrogens with two attached hydrogens (primary N) is 1. The predicted octanol–water partition coefficient (Wildman–Crippen LogP) is 0.405. The van der Waals surface area contributed by atoms with E-state index in [9.17, 15) is 13.2 Å². The molecule has 8 nitrogen and oxygen atoms in total. The maximum Gasteiger partial charge on any atom is 0.238 e. The van der Waals surface area contributed by atoms with E-state index in [1.807, 2.05) is 4.90 Å². The summed E-state index contributed by atoms with van der Waals surface area (Å²) in [5.74, 6) is 0.925. The minimum Gasteiger partial charge on any atom is -0.352 e. The van der Waals surface area contributed by atoms with Crippen LogP contribution in [0, 0.1) is 0 Å². The Hall–Kier alpha value is -2.52. The molecule has 3 rings (SSSR count). The van der Waals surface area contributed by atoms with Crippen LogP contribution in [0.1, 0.15) is 12.0 Å². The first-order valence-corrected chi connectivity index (χ1v) is 9.88. The second-order valence-corrected chi connectivity index (χ2v) is 7.68. The highest BCUT2D eigenvalue weighted by molar-refractivity contribution is 7.89. The molecule has 138 valence electrons. The smallest absolute Gasteiger partial charge is 0.238 e. The standard InChI is InChI=1S/C17H21N5O3S/c18-26(24,25)15-4-1-14(2-5-15)3-6-17(23)22-11-9-21(10-12-22)16-13-19-7-8-20-16/h1-2,4-5,7-8,13H,3,6,9-12H2,(H2,18,24,25). The molecular weight excluding hydrogens is 354 g/mol. The zero-order valence-electron chi connectivity index (χ0n) is 14.3. The molecule has 1 saturated heterocycles. The molecule has 0 saturated carbocycles. The Labute approximate surface area is 152 Å². The highest BCUT2D eigenvalue weighted by Crippen LogP contribution is 2.14. The van der Waals surface area contributed by atoms with Gasteiger partial charge in [0.05, 0.1) is 11.1 Å². The highest BCUT2D eigenvalue weighted by Gasteiger charge is 2.21. The van der Waals surface area contributed by atoms with Gasteiger partial charge >= 0.3 is 0 Å². The molecule has 1 aliphatic rings. The van der Waals surface area contributed by atoms with Gasteiger partial charge in [-0.3, -0.25) is 9.78 Å². The summed E-state index contributed by atoms with van der Waals surface area (Å²) in [6, 6.07) is 6.32. The predicted molar refractivity (Wildman–Crippen MR) is 97.0 cm³/mol. The molecule has 0 radical (unpaired) electrons. The Morgan fingerprint density at radius 1 is 1.08 bits per heavy atom. The Morgan fingerprint density at radius 2 is 1.77 bits per heavy atom. The number of aryl methyl sites for hydroxylation is 1. The van der Waals surface area contributed by atoms with E-state index in [1.165, 1.54) is 12.1 Å². The van der Waals surface area contributed by atoms with Gasteiger partial charge in [0.2, 0.25) is 15.9 Å². The molecule has 0 spiro atoms. The van der Waals surface area contributed by atoms with Crippen molar-refractivity contribution in [2.75, 3.05) is 31.1 Å². The van der Waals surface area contributed by atoms with Crippen molar-refractivity contribution in [3.05, 3.63) is 48.4 Å². The van der Waals surface area contributed by atoms with E-state index in [0.717, 1.165) is 24.5 Å². The second kappa shape index (κ2) is 7.79. The van der Waals surface area contributed by atoms with Gasteiger partial charge in [-0.05, 0) is 24.1 Å². The van der Waals surface area contributed by atoms with Gasteiger partial charge in [0.1, 0.15) is 5.82 Å². The maximum atomic E-state index is 12.4. The summed E-state index contributed by atoms with van der Waals surface area (Å²) < 4.78 is 22.5. The SMILES string of the molecule is NS(=O)(=O)c1ccc(CCC(=O)N2CCN(c3cnccn3)CC2)cc1. The summed E-state index contributed by atoms with van der Waals surface area (Å²) in [6.07, 6.45) is 5.98. The number of nitrogens with zero attached hydrogens (tertiary/aromatic N) is 4. The average molecular weight is 375 g/mol. The number of amides is 1. The maximum absolute atomic E-state index is 12.4. The zero-order valence-corrected chi connectivity index (χ0v) is 15.1. The van der Waals surface area contributed by atoms with Crippen LogP contribution >= 0.6 is 0 Å². The number of sulfonamides is 1. The summed E-state index contributed by atoms with van der Waals surface area (Å²) in [5.41, 5.74) is 0.906. The van der Waals surface area contributed by atoms with Crippen molar-refractivity contribution in [3.8, 4) is 0 Å². The van der Waals surface area contributed by atoms with E-state index >= 15 is 0 Å². The summed E-state index contributed by atoms with van der Waals surface area (Å²) >= 11 is 0. The van der Waals surface area contributed by atoms with Crippen LogP contribution in [0.3, 0.4) is 0 Å². The van der Waals surface area contributed by atoms with E-state index in [4.69, 9.17) is 5.14 Å². The van der Waals surface area contributed by atoms with Crippen molar-refractivity contribution in [2.24, 2.45) is 5.14 Å². The molecule has 9 heteroatoms. The molecule has 26 heavy (non-hydrogen) atoms. The van der Waals surface area contributed by atoms with Gasteiger partial charge in [0.25, 0.3) is 0 Å². The number of anilines is 1. The van der Waals surface area contributed by atoms with Gasteiger partial charge in [-0.1, -0.05) is 12.1 Å². The molecule has 0 unspecified atom stereocenters. The van der Waals surface area contributed by atoms with E-state index in [-0.39, 0.29) is 10.8 Å². The average Bonchev–Trinajstić information content (AvgIpc) is 2.66. The number of carbonyl (C=O) groups excluding carboxylic acids is 1. The summed E-state index contributed by atoms with van der Waals surface area (Å²) in [6.45, 7) is 2.76. The fourth-order valence-corrected chi connectivity index (χ4v) is 3.41. The van der Waals surface area contributed by atoms with Crippen LogP contribution in [0.2, 0.25) is 0 Å². The lowest BCUT2D eigenvalue weighted by Gasteiger charge is -2.35. The van der Waals surface area contributed by atoms with Gasteiger partial charge in [-0.25, -0.2) is 18.5 Å².